The van der Waals surface area contributed by atoms with Crippen LogP contribution in [0.1, 0.15) is 226 Å². The van der Waals surface area contributed by atoms with Crippen molar-refractivity contribution < 1.29 is 64.6 Å². The smallest absolute Gasteiger partial charge is 0.220 e. The average molecular weight is 1120 g/mol. The Balaban J connectivity index is 1.50. The maximum absolute atomic E-state index is 13.2. The highest BCUT2D eigenvalue weighted by atomic mass is 16.7. The molecule has 456 valence electrons. The Morgan fingerprint density at radius 3 is 1.34 bits per heavy atom. The molecule has 14 nitrogen and oxygen atoms in total. The van der Waals surface area contributed by atoms with Crippen LogP contribution < -0.4 is 5.32 Å². The molecule has 2 saturated heterocycles. The second kappa shape index (κ2) is 49.8. The van der Waals surface area contributed by atoms with Gasteiger partial charge in [0.1, 0.15) is 48.8 Å². The Morgan fingerprint density at radius 1 is 0.468 bits per heavy atom. The van der Waals surface area contributed by atoms with Gasteiger partial charge in [-0.1, -0.05) is 234 Å². The highest BCUT2D eigenvalue weighted by molar-refractivity contribution is 5.76. The Hall–Kier alpha value is -2.83. The maximum Gasteiger partial charge on any atom is 0.220 e. The van der Waals surface area contributed by atoms with Crippen LogP contribution in [0.25, 0.3) is 0 Å². The Bertz CT molecular complexity index is 1650. The normalized spacial score (nSPS) is 25.0. The van der Waals surface area contributed by atoms with Gasteiger partial charge in [0, 0.05) is 6.42 Å². The molecule has 2 heterocycles. The molecule has 0 spiro atoms. The number of aliphatic hydroxyl groups is 8. The summed E-state index contributed by atoms with van der Waals surface area (Å²) in [5.74, 6) is -0.245. The number of unbranched alkanes of at least 4 members (excludes halogenated alkanes) is 24. The highest BCUT2D eigenvalue weighted by Gasteiger charge is 2.51. The van der Waals surface area contributed by atoms with Crippen molar-refractivity contribution in [3.8, 4) is 0 Å². The maximum atomic E-state index is 13.2. The van der Waals surface area contributed by atoms with E-state index in [1.54, 1.807) is 6.08 Å². The first-order chi connectivity index (χ1) is 38.6. The van der Waals surface area contributed by atoms with Crippen molar-refractivity contribution in [3.63, 3.8) is 0 Å². The standard InChI is InChI=1S/C65H113NO13/c1-3-5-7-9-11-12-13-14-15-16-17-18-19-20-21-22-23-24-25-26-27-28-29-30-31-32-33-34-35-36-37-38-39-40-41-42-43-45-47-49-57(70)66-53(54(69)48-46-44-10-8-6-4-2)52-76-64-62(75)60(73)63(56(51-68)78-64)79-65-61(74)59(72)58(71)55(50-67)77-65/h5,7,11-12,14-15,17-18,20-21,23-24,46,48,53-56,58-65,67-69,71-75H,3-4,6,8-10,13,16,19,22,25-45,47,49-52H2,1-2H3,(H,66,70)/b7-5-,12-11-,15-14-,18-17-,21-20-,24-23-,48-46+. The van der Waals surface area contributed by atoms with Crippen LogP contribution in [0.5, 0.6) is 0 Å². The minimum atomic E-state index is -1.79. The Labute approximate surface area is 478 Å². The zero-order valence-electron chi connectivity index (χ0n) is 49.1. The predicted molar refractivity (Wildman–Crippen MR) is 318 cm³/mol. The van der Waals surface area contributed by atoms with E-state index in [9.17, 15) is 45.6 Å². The zero-order chi connectivity index (χ0) is 57.4. The third-order valence-electron chi connectivity index (χ3n) is 14.8. The van der Waals surface area contributed by atoms with E-state index in [0.717, 1.165) is 89.9 Å². The first kappa shape index (κ1) is 72.3. The van der Waals surface area contributed by atoms with Crippen molar-refractivity contribution in [2.75, 3.05) is 19.8 Å². The van der Waals surface area contributed by atoms with Gasteiger partial charge in [0.15, 0.2) is 12.6 Å². The van der Waals surface area contributed by atoms with Gasteiger partial charge in [-0.2, -0.15) is 0 Å². The molecule has 12 unspecified atom stereocenters. The van der Waals surface area contributed by atoms with Crippen LogP contribution in [0.3, 0.4) is 0 Å². The lowest BCUT2D eigenvalue weighted by Gasteiger charge is -2.46. The molecular weight excluding hydrogens is 1000 g/mol. The van der Waals surface area contributed by atoms with Crippen molar-refractivity contribution in [2.24, 2.45) is 0 Å². The summed E-state index contributed by atoms with van der Waals surface area (Å²) in [6.45, 7) is 2.58. The molecule has 2 aliphatic rings. The molecule has 0 aromatic heterocycles. The number of hydrogen-bond acceptors (Lipinski definition) is 13. The summed E-state index contributed by atoms with van der Waals surface area (Å²) in [5, 5.41) is 86.5. The number of ether oxygens (including phenoxy) is 4. The lowest BCUT2D eigenvalue weighted by molar-refractivity contribution is -0.359. The molecule has 14 heteroatoms. The number of carbonyl (C=O) groups is 1. The van der Waals surface area contributed by atoms with Crippen molar-refractivity contribution >= 4 is 5.91 Å². The number of aliphatic hydroxyl groups excluding tert-OH is 8. The first-order valence-corrected chi connectivity index (χ1v) is 31.3. The molecule has 0 bridgehead atoms. The Kier molecular flexibility index (Phi) is 45.5. The molecule has 0 aromatic carbocycles. The van der Waals surface area contributed by atoms with Crippen molar-refractivity contribution in [1.82, 2.24) is 5.32 Å². The lowest BCUT2D eigenvalue weighted by atomic mass is 9.97. The molecule has 0 aromatic rings. The molecule has 2 aliphatic heterocycles. The van der Waals surface area contributed by atoms with E-state index in [1.165, 1.54) is 109 Å². The van der Waals surface area contributed by atoms with E-state index in [0.29, 0.717) is 6.42 Å². The van der Waals surface area contributed by atoms with Gasteiger partial charge in [-0.3, -0.25) is 4.79 Å². The van der Waals surface area contributed by atoms with Gasteiger partial charge in [0.05, 0.1) is 32.0 Å². The van der Waals surface area contributed by atoms with Crippen LogP contribution >= 0.6 is 0 Å². The van der Waals surface area contributed by atoms with E-state index in [4.69, 9.17) is 18.9 Å². The molecule has 9 N–H and O–H groups in total. The fraction of sp³-hybridized carbons (Fsp3) is 0.769. The molecule has 2 fully saturated rings. The largest absolute Gasteiger partial charge is 0.394 e. The third-order valence-corrected chi connectivity index (χ3v) is 14.8. The summed E-state index contributed by atoms with van der Waals surface area (Å²) in [6.07, 6.45) is 51.4. The van der Waals surface area contributed by atoms with Gasteiger partial charge in [0.2, 0.25) is 5.91 Å². The number of allylic oxidation sites excluding steroid dienone is 13. The summed E-state index contributed by atoms with van der Waals surface area (Å²) in [5.41, 5.74) is 0. The van der Waals surface area contributed by atoms with Crippen molar-refractivity contribution in [1.29, 1.82) is 0 Å². The van der Waals surface area contributed by atoms with Gasteiger partial charge < -0.3 is 65.1 Å². The van der Waals surface area contributed by atoms with E-state index in [1.807, 2.05) is 6.08 Å². The van der Waals surface area contributed by atoms with Crippen molar-refractivity contribution in [2.45, 2.75) is 299 Å². The Morgan fingerprint density at radius 2 is 0.873 bits per heavy atom. The topological polar surface area (TPSA) is 228 Å². The molecule has 79 heavy (non-hydrogen) atoms. The van der Waals surface area contributed by atoms with Crippen molar-refractivity contribution in [3.05, 3.63) is 85.1 Å². The fourth-order valence-electron chi connectivity index (χ4n) is 9.82. The van der Waals surface area contributed by atoms with Crippen LogP contribution in [0.15, 0.2) is 85.1 Å². The predicted octanol–water partition coefficient (Wildman–Crippen LogP) is 11.3. The summed E-state index contributed by atoms with van der Waals surface area (Å²) in [4.78, 5) is 13.2. The molecule has 2 rings (SSSR count). The minimum absolute atomic E-state index is 0.245. The fourth-order valence-corrected chi connectivity index (χ4v) is 9.82. The van der Waals surface area contributed by atoms with Gasteiger partial charge >= 0.3 is 0 Å². The quantitative estimate of drug-likeness (QED) is 0.0204. The molecule has 0 radical (unpaired) electrons. The molecular formula is C65H113NO13. The number of nitrogens with one attached hydrogen (secondary N) is 1. The third kappa shape index (κ3) is 35.0. The highest BCUT2D eigenvalue weighted by Crippen LogP contribution is 2.30. The van der Waals surface area contributed by atoms with Gasteiger partial charge in [-0.25, -0.2) is 0 Å². The lowest BCUT2D eigenvalue weighted by Crippen LogP contribution is -2.65. The van der Waals surface area contributed by atoms with E-state index >= 15 is 0 Å². The number of amides is 1. The van der Waals surface area contributed by atoms with Crippen LogP contribution in [-0.4, -0.2) is 140 Å². The van der Waals surface area contributed by atoms with Crippen LogP contribution in [0.4, 0.5) is 0 Å². The number of rotatable bonds is 49. The molecule has 12 atom stereocenters. The summed E-state index contributed by atoms with van der Waals surface area (Å²) < 4.78 is 22.6. The minimum Gasteiger partial charge on any atom is -0.394 e. The second-order valence-electron chi connectivity index (χ2n) is 21.8. The van der Waals surface area contributed by atoms with Crippen LogP contribution in [0.2, 0.25) is 0 Å². The molecule has 1 amide bonds. The number of hydrogen-bond donors (Lipinski definition) is 9. The van der Waals surface area contributed by atoms with E-state index in [2.05, 4.69) is 92.1 Å². The zero-order valence-corrected chi connectivity index (χ0v) is 49.1. The number of carbonyl (C=O) groups excluding carboxylic acids is 1. The second-order valence-corrected chi connectivity index (χ2v) is 21.8. The first-order valence-electron chi connectivity index (χ1n) is 31.3. The van der Waals surface area contributed by atoms with Gasteiger partial charge in [0.25, 0.3) is 0 Å². The SMILES string of the molecule is CC/C=C\C/C=C\C/C=C\C/C=C\C/C=C\C/C=C\CCCCCCCCCCCCCCCCCCCCCCC(=O)NC(COC1OC(CO)C(OC2OC(CO)C(O)C(O)C2O)C(O)C1O)C(O)/C=C/CCCCCC. The van der Waals surface area contributed by atoms with Gasteiger partial charge in [-0.05, 0) is 70.6 Å². The summed E-state index contributed by atoms with van der Waals surface area (Å²) in [7, 11) is 0. The summed E-state index contributed by atoms with van der Waals surface area (Å²) >= 11 is 0. The molecule has 0 saturated carbocycles. The molecule has 0 aliphatic carbocycles. The van der Waals surface area contributed by atoms with Crippen LogP contribution in [0, 0.1) is 0 Å². The average Bonchev–Trinajstić information content (AvgIpc) is 3.47. The van der Waals surface area contributed by atoms with Gasteiger partial charge in [-0.15, -0.1) is 0 Å². The van der Waals surface area contributed by atoms with E-state index < -0.39 is 86.8 Å². The van der Waals surface area contributed by atoms with E-state index in [-0.39, 0.29) is 18.9 Å². The summed E-state index contributed by atoms with van der Waals surface area (Å²) in [6, 6.07) is -0.912. The van der Waals surface area contributed by atoms with Crippen LogP contribution in [-0.2, 0) is 23.7 Å². The monoisotopic (exact) mass is 1120 g/mol.